The molecule has 2 N–H and O–H groups in total. The Morgan fingerprint density at radius 1 is 1.35 bits per heavy atom. The first kappa shape index (κ1) is 11.6. The second kappa shape index (κ2) is 4.53. The van der Waals surface area contributed by atoms with E-state index in [2.05, 4.69) is 10.1 Å². The molecule has 4 nitrogen and oxygen atoms in total. The largest absolute Gasteiger partial charge is 0.396 e. The monoisotopic (exact) mass is 234 g/mol. The maximum atomic E-state index is 13.7. The lowest BCUT2D eigenvalue weighted by atomic mass is 10.2. The zero-order chi connectivity index (χ0) is 12.4. The zero-order valence-corrected chi connectivity index (χ0v) is 9.94. The minimum atomic E-state index is -0.396. The van der Waals surface area contributed by atoms with Crippen molar-refractivity contribution in [3.63, 3.8) is 0 Å². The molecule has 0 amide bonds. The smallest absolute Gasteiger partial charge is 0.189 e. The van der Waals surface area contributed by atoms with E-state index in [0.717, 1.165) is 17.8 Å². The lowest BCUT2D eigenvalue weighted by Gasteiger charge is -2.05. The molecule has 2 heterocycles. The minimum Gasteiger partial charge on any atom is -0.396 e. The molecule has 0 aliphatic rings. The van der Waals surface area contributed by atoms with Crippen LogP contribution in [0.4, 0.5) is 10.1 Å². The van der Waals surface area contributed by atoms with Crippen molar-refractivity contribution in [1.82, 2.24) is 14.8 Å². The molecular weight excluding hydrogens is 219 g/mol. The average molecular weight is 234 g/mol. The van der Waals surface area contributed by atoms with Gasteiger partial charge in [-0.15, -0.1) is 0 Å². The summed E-state index contributed by atoms with van der Waals surface area (Å²) < 4.78 is 15.2. The van der Waals surface area contributed by atoms with Gasteiger partial charge in [-0.25, -0.2) is 14.1 Å². The van der Waals surface area contributed by atoms with Crippen LogP contribution in [0.1, 0.15) is 25.2 Å². The second-order valence-corrected chi connectivity index (χ2v) is 3.73. The van der Waals surface area contributed by atoms with Crippen LogP contribution in [-0.2, 0) is 12.8 Å². The Morgan fingerprint density at radius 2 is 2.12 bits per heavy atom. The van der Waals surface area contributed by atoms with Gasteiger partial charge in [0.25, 0.3) is 0 Å². The normalized spacial score (nSPS) is 10.8. The summed E-state index contributed by atoms with van der Waals surface area (Å²) in [5.41, 5.74) is 8.21. The summed E-state index contributed by atoms with van der Waals surface area (Å²) >= 11 is 0. The molecular formula is C12H15FN4. The summed E-state index contributed by atoms with van der Waals surface area (Å²) in [4.78, 5) is 4.02. The van der Waals surface area contributed by atoms with Crippen molar-refractivity contribution in [2.24, 2.45) is 0 Å². The third kappa shape index (κ3) is 1.88. The van der Waals surface area contributed by atoms with E-state index in [1.54, 1.807) is 12.3 Å². The number of halogens is 1. The van der Waals surface area contributed by atoms with Crippen LogP contribution < -0.4 is 5.73 Å². The van der Waals surface area contributed by atoms with Gasteiger partial charge >= 0.3 is 0 Å². The quantitative estimate of drug-likeness (QED) is 0.884. The van der Waals surface area contributed by atoms with Gasteiger partial charge in [-0.1, -0.05) is 13.8 Å². The molecule has 2 aromatic heterocycles. The topological polar surface area (TPSA) is 56.7 Å². The molecule has 0 aromatic carbocycles. The van der Waals surface area contributed by atoms with E-state index in [1.807, 2.05) is 13.8 Å². The van der Waals surface area contributed by atoms with E-state index in [1.165, 1.54) is 10.7 Å². The number of hydrogen-bond donors (Lipinski definition) is 1. The molecule has 0 saturated carbocycles. The first-order valence-corrected chi connectivity index (χ1v) is 5.66. The molecule has 0 aliphatic carbocycles. The molecule has 17 heavy (non-hydrogen) atoms. The highest BCUT2D eigenvalue weighted by molar-refractivity contribution is 5.51. The predicted molar refractivity (Wildman–Crippen MR) is 64.5 cm³/mol. The highest BCUT2D eigenvalue weighted by Gasteiger charge is 2.16. The Kier molecular flexibility index (Phi) is 3.08. The van der Waals surface area contributed by atoms with E-state index in [4.69, 9.17) is 5.73 Å². The Balaban J connectivity index is 2.63. The predicted octanol–water partition coefficient (Wildman–Crippen LogP) is 2.11. The Hall–Kier alpha value is -1.91. The summed E-state index contributed by atoms with van der Waals surface area (Å²) in [6.45, 7) is 3.93. The van der Waals surface area contributed by atoms with Gasteiger partial charge in [-0.05, 0) is 25.0 Å². The molecule has 0 aliphatic heterocycles. The highest BCUT2D eigenvalue weighted by Crippen LogP contribution is 2.22. The number of pyridine rings is 1. The Labute approximate surface area is 99.3 Å². The van der Waals surface area contributed by atoms with Crippen LogP contribution in [0.15, 0.2) is 18.3 Å². The van der Waals surface area contributed by atoms with Gasteiger partial charge < -0.3 is 5.73 Å². The van der Waals surface area contributed by atoms with Gasteiger partial charge in [0.15, 0.2) is 11.6 Å². The van der Waals surface area contributed by atoms with E-state index in [0.29, 0.717) is 12.1 Å². The summed E-state index contributed by atoms with van der Waals surface area (Å²) in [6, 6.07) is 2.92. The van der Waals surface area contributed by atoms with Crippen LogP contribution in [0.5, 0.6) is 0 Å². The molecule has 0 unspecified atom stereocenters. The van der Waals surface area contributed by atoms with E-state index >= 15 is 0 Å². The van der Waals surface area contributed by atoms with Crippen LogP contribution in [-0.4, -0.2) is 14.8 Å². The van der Waals surface area contributed by atoms with Crippen molar-refractivity contribution in [2.45, 2.75) is 26.7 Å². The molecule has 2 rings (SSSR count). The number of rotatable bonds is 3. The summed E-state index contributed by atoms with van der Waals surface area (Å²) in [5.74, 6) is -0.192. The zero-order valence-electron chi connectivity index (χ0n) is 9.94. The van der Waals surface area contributed by atoms with Crippen LogP contribution in [0.2, 0.25) is 0 Å². The van der Waals surface area contributed by atoms with Gasteiger partial charge in [0.1, 0.15) is 0 Å². The Morgan fingerprint density at radius 3 is 2.71 bits per heavy atom. The molecule has 2 aromatic rings. The molecule has 5 heteroatoms. The van der Waals surface area contributed by atoms with Gasteiger partial charge in [0.2, 0.25) is 0 Å². The summed E-state index contributed by atoms with van der Waals surface area (Å²) in [7, 11) is 0. The number of anilines is 1. The van der Waals surface area contributed by atoms with Crippen LogP contribution in [0.3, 0.4) is 0 Å². The van der Waals surface area contributed by atoms with Crippen LogP contribution in [0, 0.1) is 5.82 Å². The standard InChI is InChI=1S/C12H15FN4/c1-3-9-11(14)10(4-2)17(16-9)12-8(13)6-5-7-15-12/h5-7H,3-4,14H2,1-2H3. The second-order valence-electron chi connectivity index (χ2n) is 3.73. The third-order valence-electron chi connectivity index (χ3n) is 2.71. The molecule has 0 saturated heterocycles. The molecule has 90 valence electrons. The van der Waals surface area contributed by atoms with E-state index < -0.39 is 5.82 Å². The fourth-order valence-corrected chi connectivity index (χ4v) is 1.83. The van der Waals surface area contributed by atoms with E-state index in [-0.39, 0.29) is 5.82 Å². The first-order valence-electron chi connectivity index (χ1n) is 5.66. The summed E-state index contributed by atoms with van der Waals surface area (Å²) in [6.07, 6.45) is 2.95. The maximum Gasteiger partial charge on any atom is 0.189 e. The molecule has 0 bridgehead atoms. The average Bonchev–Trinajstić information content (AvgIpc) is 2.66. The lowest BCUT2D eigenvalue weighted by molar-refractivity contribution is 0.595. The summed E-state index contributed by atoms with van der Waals surface area (Å²) in [5, 5.41) is 4.32. The van der Waals surface area contributed by atoms with Crippen molar-refractivity contribution in [3.8, 4) is 5.82 Å². The third-order valence-corrected chi connectivity index (χ3v) is 2.71. The first-order chi connectivity index (χ1) is 8.19. The number of hydrogen-bond acceptors (Lipinski definition) is 3. The van der Waals surface area contributed by atoms with Gasteiger partial charge in [0.05, 0.1) is 17.1 Å². The molecule has 0 fully saturated rings. The molecule has 0 radical (unpaired) electrons. The minimum absolute atomic E-state index is 0.204. The van der Waals surface area contributed by atoms with Gasteiger partial charge in [-0.2, -0.15) is 5.10 Å². The van der Waals surface area contributed by atoms with Crippen molar-refractivity contribution in [1.29, 1.82) is 0 Å². The maximum absolute atomic E-state index is 13.7. The fraction of sp³-hybridized carbons (Fsp3) is 0.333. The van der Waals surface area contributed by atoms with Crippen molar-refractivity contribution < 1.29 is 4.39 Å². The Bertz CT molecular complexity index is 533. The number of nitrogens with zero attached hydrogens (tertiary/aromatic N) is 3. The fourth-order valence-electron chi connectivity index (χ4n) is 1.83. The molecule has 0 spiro atoms. The number of aromatic nitrogens is 3. The number of nitrogens with two attached hydrogens (primary N) is 1. The van der Waals surface area contributed by atoms with Crippen molar-refractivity contribution in [2.75, 3.05) is 5.73 Å². The van der Waals surface area contributed by atoms with Gasteiger partial charge in [-0.3, -0.25) is 0 Å². The van der Waals surface area contributed by atoms with Crippen molar-refractivity contribution >= 4 is 5.69 Å². The lowest BCUT2D eigenvalue weighted by Crippen LogP contribution is -2.07. The van der Waals surface area contributed by atoms with Crippen LogP contribution in [0.25, 0.3) is 5.82 Å². The van der Waals surface area contributed by atoms with E-state index in [9.17, 15) is 4.39 Å². The SMILES string of the molecule is CCc1nn(-c2ncccc2F)c(CC)c1N. The number of nitrogen functional groups attached to an aromatic ring is 1. The van der Waals surface area contributed by atoms with Gasteiger partial charge in [0, 0.05) is 6.20 Å². The number of aryl methyl sites for hydroxylation is 1. The van der Waals surface area contributed by atoms with Crippen molar-refractivity contribution in [3.05, 3.63) is 35.5 Å². The highest BCUT2D eigenvalue weighted by atomic mass is 19.1. The molecule has 0 atom stereocenters. The van der Waals surface area contributed by atoms with Crippen LogP contribution >= 0.6 is 0 Å².